The lowest BCUT2D eigenvalue weighted by Gasteiger charge is -2.33. The molecule has 0 radical (unpaired) electrons. The maximum Gasteiger partial charge on any atom is 0.0395 e. The van der Waals surface area contributed by atoms with Crippen LogP contribution in [0.1, 0.15) is 19.3 Å². The van der Waals surface area contributed by atoms with Crippen molar-refractivity contribution in [2.24, 2.45) is 22.7 Å². The molecule has 0 saturated heterocycles. The Labute approximate surface area is 79.3 Å². The Bertz CT molecular complexity index is 298. The fourth-order valence-corrected chi connectivity index (χ4v) is 2.89. The Morgan fingerprint density at radius 3 is 2.92 bits per heavy atom. The van der Waals surface area contributed by atoms with Crippen molar-refractivity contribution in [2.45, 2.75) is 19.3 Å². The van der Waals surface area contributed by atoms with Crippen LogP contribution in [-0.2, 0) is 0 Å². The Kier molecular flexibility index (Phi) is 1.64. The highest BCUT2D eigenvalue weighted by molar-refractivity contribution is 5.89. The molecule has 0 aromatic heterocycles. The van der Waals surface area contributed by atoms with Crippen molar-refractivity contribution in [3.8, 4) is 0 Å². The third-order valence-electron chi connectivity index (χ3n) is 3.64. The van der Waals surface area contributed by atoms with Gasteiger partial charge >= 0.3 is 0 Å². The molecule has 1 fully saturated rings. The SMILES string of the molecule is C1=CC2CC3=NCCC3CC2C=C1. The molecular formula is C12H15N. The second kappa shape index (κ2) is 2.83. The minimum atomic E-state index is 0.762. The van der Waals surface area contributed by atoms with E-state index in [1.807, 2.05) is 0 Å². The fraction of sp³-hybridized carbons (Fsp3) is 0.583. The minimum absolute atomic E-state index is 0.762. The van der Waals surface area contributed by atoms with Crippen LogP contribution in [0.2, 0.25) is 0 Å². The van der Waals surface area contributed by atoms with Crippen LogP contribution in [0.5, 0.6) is 0 Å². The van der Waals surface area contributed by atoms with Crippen LogP contribution in [0.4, 0.5) is 0 Å². The van der Waals surface area contributed by atoms with Crippen molar-refractivity contribution in [2.75, 3.05) is 6.54 Å². The molecule has 0 aromatic carbocycles. The van der Waals surface area contributed by atoms with Crippen molar-refractivity contribution in [3.05, 3.63) is 24.3 Å². The van der Waals surface area contributed by atoms with E-state index in [2.05, 4.69) is 29.3 Å². The summed E-state index contributed by atoms with van der Waals surface area (Å²) in [5.41, 5.74) is 1.52. The Hall–Kier alpha value is -0.850. The van der Waals surface area contributed by atoms with Crippen LogP contribution in [-0.4, -0.2) is 12.3 Å². The van der Waals surface area contributed by atoms with Gasteiger partial charge in [0, 0.05) is 12.3 Å². The molecule has 0 N–H and O–H groups in total. The molecular weight excluding hydrogens is 158 g/mol. The van der Waals surface area contributed by atoms with Crippen molar-refractivity contribution in [3.63, 3.8) is 0 Å². The predicted molar refractivity (Wildman–Crippen MR) is 54.9 cm³/mol. The maximum absolute atomic E-state index is 4.61. The molecule has 0 bridgehead atoms. The number of hydrogen-bond donors (Lipinski definition) is 0. The molecule has 1 heteroatoms. The van der Waals surface area contributed by atoms with Crippen molar-refractivity contribution >= 4 is 5.71 Å². The van der Waals surface area contributed by atoms with Crippen LogP contribution >= 0.6 is 0 Å². The molecule has 1 saturated carbocycles. The first kappa shape index (κ1) is 7.54. The standard InChI is InChI=1S/C12H15N/c1-2-4-10-8-12-11(5-6-13-12)7-9(10)3-1/h1-4,9-11H,5-8H2. The number of hydrogen-bond acceptors (Lipinski definition) is 1. The van der Waals surface area contributed by atoms with Gasteiger partial charge in [-0.25, -0.2) is 0 Å². The van der Waals surface area contributed by atoms with Gasteiger partial charge in [0.1, 0.15) is 0 Å². The van der Waals surface area contributed by atoms with Gasteiger partial charge in [-0.3, -0.25) is 4.99 Å². The fourth-order valence-electron chi connectivity index (χ4n) is 2.89. The molecule has 3 rings (SSSR count). The maximum atomic E-state index is 4.61. The van der Waals surface area contributed by atoms with E-state index in [1.165, 1.54) is 25.0 Å². The molecule has 1 aliphatic heterocycles. The van der Waals surface area contributed by atoms with Gasteiger partial charge in [0.2, 0.25) is 0 Å². The number of nitrogens with zero attached hydrogens (tertiary/aromatic N) is 1. The summed E-state index contributed by atoms with van der Waals surface area (Å²) in [6, 6.07) is 0. The normalized spacial score (nSPS) is 41.2. The van der Waals surface area contributed by atoms with Gasteiger partial charge in [0.25, 0.3) is 0 Å². The first-order chi connectivity index (χ1) is 6.43. The third-order valence-corrected chi connectivity index (χ3v) is 3.64. The lowest BCUT2D eigenvalue weighted by Crippen LogP contribution is -2.29. The summed E-state index contributed by atoms with van der Waals surface area (Å²) in [5, 5.41) is 0. The second-order valence-electron chi connectivity index (χ2n) is 4.40. The van der Waals surface area contributed by atoms with Gasteiger partial charge < -0.3 is 0 Å². The molecule has 1 nitrogen and oxygen atoms in total. The first-order valence-corrected chi connectivity index (χ1v) is 5.32. The van der Waals surface area contributed by atoms with E-state index in [0.717, 1.165) is 24.3 Å². The van der Waals surface area contributed by atoms with E-state index in [4.69, 9.17) is 0 Å². The summed E-state index contributed by atoms with van der Waals surface area (Å²) >= 11 is 0. The summed E-state index contributed by atoms with van der Waals surface area (Å²) in [6.45, 7) is 1.09. The van der Waals surface area contributed by atoms with Gasteiger partial charge in [-0.1, -0.05) is 24.3 Å². The monoisotopic (exact) mass is 173 g/mol. The number of rotatable bonds is 0. The molecule has 0 amide bonds. The first-order valence-electron chi connectivity index (χ1n) is 5.32. The van der Waals surface area contributed by atoms with Gasteiger partial charge in [-0.2, -0.15) is 0 Å². The van der Waals surface area contributed by atoms with Crippen LogP contribution < -0.4 is 0 Å². The molecule has 3 unspecified atom stereocenters. The Morgan fingerprint density at radius 2 is 2.00 bits per heavy atom. The summed E-state index contributed by atoms with van der Waals surface area (Å²) < 4.78 is 0. The molecule has 0 spiro atoms. The smallest absolute Gasteiger partial charge is 0.0395 e. The van der Waals surface area contributed by atoms with Crippen molar-refractivity contribution in [1.82, 2.24) is 0 Å². The highest BCUT2D eigenvalue weighted by Crippen LogP contribution is 2.39. The molecule has 2 aliphatic carbocycles. The van der Waals surface area contributed by atoms with Crippen LogP contribution in [0.3, 0.4) is 0 Å². The molecule has 13 heavy (non-hydrogen) atoms. The topological polar surface area (TPSA) is 12.4 Å². The van der Waals surface area contributed by atoms with Crippen LogP contribution in [0.25, 0.3) is 0 Å². The number of fused-ring (bicyclic) bond motifs is 2. The third kappa shape index (κ3) is 1.18. The van der Waals surface area contributed by atoms with Crippen molar-refractivity contribution < 1.29 is 0 Å². The van der Waals surface area contributed by atoms with E-state index in [-0.39, 0.29) is 0 Å². The summed E-state index contributed by atoms with van der Waals surface area (Å²) in [6.07, 6.45) is 13.0. The summed E-state index contributed by atoms with van der Waals surface area (Å²) in [5.74, 6) is 2.41. The zero-order chi connectivity index (χ0) is 8.67. The van der Waals surface area contributed by atoms with E-state index in [9.17, 15) is 0 Å². The van der Waals surface area contributed by atoms with E-state index in [0.29, 0.717) is 0 Å². The zero-order valence-electron chi connectivity index (χ0n) is 7.82. The molecule has 0 aromatic rings. The lowest BCUT2D eigenvalue weighted by atomic mass is 9.71. The van der Waals surface area contributed by atoms with Gasteiger partial charge in [-0.15, -0.1) is 0 Å². The lowest BCUT2D eigenvalue weighted by molar-refractivity contribution is 0.371. The Morgan fingerprint density at radius 1 is 1.15 bits per heavy atom. The summed E-state index contributed by atoms with van der Waals surface area (Å²) in [4.78, 5) is 4.61. The number of aliphatic imine (C=N–C) groups is 1. The molecule has 3 aliphatic rings. The largest absolute Gasteiger partial charge is 0.294 e. The Balaban J connectivity index is 1.86. The average Bonchev–Trinajstić information content (AvgIpc) is 2.61. The molecule has 1 heterocycles. The van der Waals surface area contributed by atoms with Crippen molar-refractivity contribution in [1.29, 1.82) is 0 Å². The number of allylic oxidation sites excluding steroid dienone is 4. The average molecular weight is 173 g/mol. The highest BCUT2D eigenvalue weighted by Gasteiger charge is 2.34. The summed E-state index contributed by atoms with van der Waals surface area (Å²) in [7, 11) is 0. The quantitative estimate of drug-likeness (QED) is 0.534. The molecule has 68 valence electrons. The minimum Gasteiger partial charge on any atom is -0.294 e. The van der Waals surface area contributed by atoms with E-state index < -0.39 is 0 Å². The van der Waals surface area contributed by atoms with E-state index >= 15 is 0 Å². The van der Waals surface area contributed by atoms with Crippen LogP contribution in [0, 0.1) is 17.8 Å². The predicted octanol–water partition coefficient (Wildman–Crippen LogP) is 2.60. The highest BCUT2D eigenvalue weighted by atomic mass is 14.8. The van der Waals surface area contributed by atoms with Gasteiger partial charge in [0.15, 0.2) is 0 Å². The second-order valence-corrected chi connectivity index (χ2v) is 4.40. The van der Waals surface area contributed by atoms with Gasteiger partial charge in [-0.05, 0) is 37.0 Å². The van der Waals surface area contributed by atoms with Crippen LogP contribution in [0.15, 0.2) is 29.3 Å². The van der Waals surface area contributed by atoms with E-state index in [1.54, 1.807) is 0 Å². The van der Waals surface area contributed by atoms with Gasteiger partial charge in [0.05, 0.1) is 0 Å². The molecule has 3 atom stereocenters. The zero-order valence-corrected chi connectivity index (χ0v) is 7.82.